The van der Waals surface area contributed by atoms with E-state index in [2.05, 4.69) is 26.7 Å². The third kappa shape index (κ3) is 3.76. The molecule has 7 heteroatoms. The van der Waals surface area contributed by atoms with Crippen molar-refractivity contribution < 1.29 is 12.8 Å². The molecule has 1 fully saturated rings. The number of aromatic nitrogens is 1. The molecule has 3 aromatic rings. The van der Waals surface area contributed by atoms with Crippen molar-refractivity contribution in [3.8, 4) is 0 Å². The zero-order chi connectivity index (χ0) is 19.0. The summed E-state index contributed by atoms with van der Waals surface area (Å²) in [5.74, 6) is -0.548. The molecule has 2 N–H and O–H groups in total. The van der Waals surface area contributed by atoms with E-state index in [1.54, 1.807) is 6.92 Å². The standard InChI is InChI=1S/C20H22FN3O2S/c1-14-5-6-16(21)11-20(14)27(25,26)23-17-8-10-24(13-17)12-15-3-2-4-19-18(15)7-9-22-19/h2-7,9,11,17,22-23H,8,10,12-13H2,1H3/t17-/m1/s1. The average Bonchev–Trinajstić information content (AvgIpc) is 3.26. The molecular weight excluding hydrogens is 365 g/mol. The van der Waals surface area contributed by atoms with E-state index in [1.807, 2.05) is 18.3 Å². The van der Waals surface area contributed by atoms with Gasteiger partial charge in [-0.05, 0) is 48.7 Å². The van der Waals surface area contributed by atoms with Gasteiger partial charge in [-0.1, -0.05) is 18.2 Å². The van der Waals surface area contributed by atoms with Crippen molar-refractivity contribution >= 4 is 20.9 Å². The Morgan fingerprint density at radius 2 is 2.11 bits per heavy atom. The summed E-state index contributed by atoms with van der Waals surface area (Å²) in [5, 5.41) is 1.19. The van der Waals surface area contributed by atoms with E-state index >= 15 is 0 Å². The first-order valence-corrected chi connectivity index (χ1v) is 10.5. The molecule has 0 bridgehead atoms. The Balaban J connectivity index is 1.45. The highest BCUT2D eigenvalue weighted by atomic mass is 32.2. The Kier molecular flexibility index (Phi) is 4.75. The van der Waals surface area contributed by atoms with Crippen LogP contribution in [-0.4, -0.2) is 37.4 Å². The number of H-pyrrole nitrogens is 1. The molecule has 2 heterocycles. The number of aromatic amines is 1. The summed E-state index contributed by atoms with van der Waals surface area (Å²) in [4.78, 5) is 5.47. The second kappa shape index (κ2) is 7.07. The number of nitrogens with one attached hydrogen (secondary N) is 2. The summed E-state index contributed by atoms with van der Waals surface area (Å²) in [6.45, 7) is 3.89. The molecule has 0 unspecified atom stereocenters. The Hall–Kier alpha value is -2.22. The first kappa shape index (κ1) is 18.2. The predicted molar refractivity (Wildman–Crippen MR) is 103 cm³/mol. The maximum Gasteiger partial charge on any atom is 0.241 e. The van der Waals surface area contributed by atoms with Gasteiger partial charge in [0.2, 0.25) is 10.0 Å². The van der Waals surface area contributed by atoms with Crippen LogP contribution in [0, 0.1) is 12.7 Å². The molecule has 4 rings (SSSR count). The summed E-state index contributed by atoms with van der Waals surface area (Å²) in [6.07, 6.45) is 2.66. The van der Waals surface area contributed by atoms with Gasteiger partial charge in [0.1, 0.15) is 5.82 Å². The summed E-state index contributed by atoms with van der Waals surface area (Å²) >= 11 is 0. The minimum absolute atomic E-state index is 0.0121. The smallest absolute Gasteiger partial charge is 0.241 e. The first-order valence-electron chi connectivity index (χ1n) is 8.98. The van der Waals surface area contributed by atoms with Crippen LogP contribution in [0.4, 0.5) is 4.39 Å². The number of sulfonamides is 1. The zero-order valence-corrected chi connectivity index (χ0v) is 15.9. The molecule has 0 radical (unpaired) electrons. The number of hydrogen-bond acceptors (Lipinski definition) is 3. The monoisotopic (exact) mass is 387 g/mol. The summed E-state index contributed by atoms with van der Waals surface area (Å²) in [5.41, 5.74) is 2.86. The molecule has 5 nitrogen and oxygen atoms in total. The van der Waals surface area contributed by atoms with Gasteiger partial charge < -0.3 is 4.98 Å². The fourth-order valence-electron chi connectivity index (χ4n) is 3.75. The number of likely N-dealkylation sites (tertiary alicyclic amines) is 1. The molecule has 1 atom stereocenters. The van der Waals surface area contributed by atoms with Crippen LogP contribution < -0.4 is 4.72 Å². The molecule has 1 aliphatic rings. The van der Waals surface area contributed by atoms with Crippen molar-refractivity contribution in [1.82, 2.24) is 14.6 Å². The molecule has 1 aromatic heterocycles. The molecule has 0 saturated carbocycles. The highest BCUT2D eigenvalue weighted by Crippen LogP contribution is 2.23. The van der Waals surface area contributed by atoms with Crippen LogP contribution in [-0.2, 0) is 16.6 Å². The number of hydrogen-bond donors (Lipinski definition) is 2. The van der Waals surface area contributed by atoms with Crippen LogP contribution in [0.1, 0.15) is 17.5 Å². The van der Waals surface area contributed by atoms with Crippen molar-refractivity contribution in [3.05, 3.63) is 65.6 Å². The highest BCUT2D eigenvalue weighted by Gasteiger charge is 2.28. The Labute approximate surface area is 158 Å². The minimum Gasteiger partial charge on any atom is -0.361 e. The van der Waals surface area contributed by atoms with Gasteiger partial charge in [0.15, 0.2) is 0 Å². The van der Waals surface area contributed by atoms with Gasteiger partial charge in [-0.25, -0.2) is 17.5 Å². The van der Waals surface area contributed by atoms with Crippen LogP contribution in [0.25, 0.3) is 10.9 Å². The molecule has 1 aliphatic heterocycles. The van der Waals surface area contributed by atoms with Crippen molar-refractivity contribution in [2.24, 2.45) is 0 Å². The lowest BCUT2D eigenvalue weighted by molar-refractivity contribution is 0.326. The summed E-state index contributed by atoms with van der Waals surface area (Å²) < 4.78 is 41.6. The fraction of sp³-hybridized carbons (Fsp3) is 0.300. The van der Waals surface area contributed by atoms with Gasteiger partial charge in [0.05, 0.1) is 4.90 Å². The molecule has 0 amide bonds. The Morgan fingerprint density at radius 3 is 2.96 bits per heavy atom. The van der Waals surface area contributed by atoms with E-state index in [0.717, 1.165) is 31.1 Å². The lowest BCUT2D eigenvalue weighted by Gasteiger charge is -2.18. The number of benzene rings is 2. The molecular formula is C20H22FN3O2S. The van der Waals surface area contributed by atoms with Gasteiger partial charge >= 0.3 is 0 Å². The normalized spacial score (nSPS) is 18.4. The number of rotatable bonds is 5. The van der Waals surface area contributed by atoms with Gasteiger partial charge in [0.25, 0.3) is 0 Å². The molecule has 2 aromatic carbocycles. The van der Waals surface area contributed by atoms with E-state index in [-0.39, 0.29) is 10.9 Å². The molecule has 142 valence electrons. The first-order chi connectivity index (χ1) is 12.9. The molecule has 27 heavy (non-hydrogen) atoms. The predicted octanol–water partition coefficient (Wildman–Crippen LogP) is 3.17. The highest BCUT2D eigenvalue weighted by molar-refractivity contribution is 7.89. The molecule has 0 spiro atoms. The van der Waals surface area contributed by atoms with E-state index in [4.69, 9.17) is 0 Å². The number of aryl methyl sites for hydroxylation is 1. The van der Waals surface area contributed by atoms with Crippen molar-refractivity contribution in [1.29, 1.82) is 0 Å². The molecule has 0 aliphatic carbocycles. The van der Waals surface area contributed by atoms with Gasteiger partial charge in [-0.2, -0.15) is 0 Å². The maximum atomic E-state index is 13.5. The zero-order valence-electron chi connectivity index (χ0n) is 15.1. The minimum atomic E-state index is -3.74. The third-order valence-corrected chi connectivity index (χ3v) is 6.78. The topological polar surface area (TPSA) is 65.2 Å². The number of fused-ring (bicyclic) bond motifs is 1. The second-order valence-corrected chi connectivity index (χ2v) is 8.79. The van der Waals surface area contributed by atoms with Crippen LogP contribution in [0.3, 0.4) is 0 Å². The molecule has 1 saturated heterocycles. The SMILES string of the molecule is Cc1ccc(F)cc1S(=O)(=O)N[C@@H]1CCN(Cc2cccc3[nH]ccc23)C1. The third-order valence-electron chi connectivity index (χ3n) is 5.11. The number of nitrogens with zero attached hydrogens (tertiary/aromatic N) is 1. The van der Waals surface area contributed by atoms with Gasteiger partial charge in [0, 0.05) is 42.8 Å². The Bertz CT molecular complexity index is 1080. The quantitative estimate of drug-likeness (QED) is 0.707. The van der Waals surface area contributed by atoms with Crippen LogP contribution >= 0.6 is 0 Å². The lowest BCUT2D eigenvalue weighted by atomic mass is 10.1. The van der Waals surface area contributed by atoms with Crippen molar-refractivity contribution in [2.45, 2.75) is 30.8 Å². The van der Waals surface area contributed by atoms with Crippen LogP contribution in [0.15, 0.2) is 53.6 Å². The van der Waals surface area contributed by atoms with Crippen molar-refractivity contribution in [2.75, 3.05) is 13.1 Å². The fourth-order valence-corrected chi connectivity index (χ4v) is 5.27. The Morgan fingerprint density at radius 1 is 1.26 bits per heavy atom. The van der Waals surface area contributed by atoms with E-state index in [0.29, 0.717) is 12.1 Å². The summed E-state index contributed by atoms with van der Waals surface area (Å²) in [7, 11) is -3.74. The van der Waals surface area contributed by atoms with Gasteiger partial charge in [-0.15, -0.1) is 0 Å². The second-order valence-electron chi connectivity index (χ2n) is 7.11. The van der Waals surface area contributed by atoms with Crippen molar-refractivity contribution in [3.63, 3.8) is 0 Å². The van der Waals surface area contributed by atoms with E-state index < -0.39 is 15.8 Å². The maximum absolute atomic E-state index is 13.5. The largest absolute Gasteiger partial charge is 0.361 e. The van der Waals surface area contributed by atoms with Crippen LogP contribution in [0.5, 0.6) is 0 Å². The van der Waals surface area contributed by atoms with E-state index in [1.165, 1.54) is 23.1 Å². The average molecular weight is 387 g/mol. The lowest BCUT2D eigenvalue weighted by Crippen LogP contribution is -2.37. The van der Waals surface area contributed by atoms with E-state index in [9.17, 15) is 12.8 Å². The van der Waals surface area contributed by atoms with Crippen LogP contribution in [0.2, 0.25) is 0 Å². The van der Waals surface area contributed by atoms with Gasteiger partial charge in [-0.3, -0.25) is 4.90 Å². The number of halogens is 1. The summed E-state index contributed by atoms with van der Waals surface area (Å²) in [6, 6.07) is 11.9.